The zero-order valence-corrected chi connectivity index (χ0v) is 14.2. The Morgan fingerprint density at radius 3 is 2.36 bits per heavy atom. The number of benzene rings is 2. The fraction of sp³-hybridized carbons (Fsp3) is 0.263. The van der Waals surface area contributed by atoms with E-state index >= 15 is 0 Å². The van der Waals surface area contributed by atoms with Gasteiger partial charge >= 0.3 is 0 Å². The van der Waals surface area contributed by atoms with Gasteiger partial charge in [0.2, 0.25) is 0 Å². The van der Waals surface area contributed by atoms with Crippen LogP contribution in [0.5, 0.6) is 11.5 Å². The van der Waals surface area contributed by atoms with Gasteiger partial charge in [0.25, 0.3) is 11.8 Å². The third-order valence-electron chi connectivity index (χ3n) is 3.99. The lowest BCUT2D eigenvalue weighted by Crippen LogP contribution is -2.21. The molecule has 6 nitrogen and oxygen atoms in total. The van der Waals surface area contributed by atoms with Gasteiger partial charge in [-0.05, 0) is 36.8 Å². The van der Waals surface area contributed by atoms with Gasteiger partial charge in [-0.3, -0.25) is 9.59 Å². The lowest BCUT2D eigenvalue weighted by atomic mass is 10.1. The van der Waals surface area contributed by atoms with E-state index in [2.05, 4.69) is 10.6 Å². The van der Waals surface area contributed by atoms with Gasteiger partial charge in [0.15, 0.2) is 11.5 Å². The van der Waals surface area contributed by atoms with Crippen LogP contribution in [-0.4, -0.2) is 32.1 Å². The molecule has 1 heterocycles. The summed E-state index contributed by atoms with van der Waals surface area (Å²) in [5, 5.41) is 5.38. The Kier molecular flexibility index (Phi) is 4.88. The third kappa shape index (κ3) is 3.57. The summed E-state index contributed by atoms with van der Waals surface area (Å²) in [5.41, 5.74) is 2.12. The lowest BCUT2D eigenvalue weighted by molar-refractivity contribution is 0.0964. The number of hydrogen-bond donors (Lipinski definition) is 2. The molecule has 0 saturated heterocycles. The molecule has 2 aromatic carbocycles. The third-order valence-corrected chi connectivity index (χ3v) is 3.99. The Labute approximate surface area is 146 Å². The molecular weight excluding hydrogens is 320 g/mol. The standard InChI is InChI=1S/C19H20N2O4/c1-12-10-16-17(25-9-5-8-24-16)11-14(12)19(23)21-15-7-4-3-6-13(15)18(22)20-2/h3-4,6-7,10-11H,5,8-9H2,1-2H3,(H,20,22)(H,21,23). The fourth-order valence-corrected chi connectivity index (χ4v) is 2.67. The molecule has 0 atom stereocenters. The summed E-state index contributed by atoms with van der Waals surface area (Å²) in [5.74, 6) is 0.654. The topological polar surface area (TPSA) is 76.7 Å². The second-order valence-electron chi connectivity index (χ2n) is 5.74. The Balaban J connectivity index is 1.90. The number of carbonyl (C=O) groups excluding carboxylic acids is 2. The first-order valence-corrected chi connectivity index (χ1v) is 8.13. The molecule has 3 rings (SSSR count). The van der Waals surface area contributed by atoms with Gasteiger partial charge in [0.1, 0.15) is 0 Å². The van der Waals surface area contributed by atoms with Gasteiger partial charge in [-0.1, -0.05) is 12.1 Å². The van der Waals surface area contributed by atoms with Crippen LogP contribution in [0.15, 0.2) is 36.4 Å². The average Bonchev–Trinajstić information content (AvgIpc) is 2.85. The summed E-state index contributed by atoms with van der Waals surface area (Å²) < 4.78 is 11.3. The molecule has 0 unspecified atom stereocenters. The van der Waals surface area contributed by atoms with Crippen molar-refractivity contribution in [2.24, 2.45) is 0 Å². The van der Waals surface area contributed by atoms with E-state index in [1.165, 1.54) is 0 Å². The molecule has 0 spiro atoms. The number of para-hydroxylation sites is 1. The number of carbonyl (C=O) groups is 2. The number of fused-ring (bicyclic) bond motifs is 1. The Morgan fingerprint density at radius 2 is 1.64 bits per heavy atom. The Bertz CT molecular complexity index is 817. The molecule has 0 saturated carbocycles. The van der Waals surface area contributed by atoms with Crippen molar-refractivity contribution in [3.05, 3.63) is 53.1 Å². The van der Waals surface area contributed by atoms with Crippen LogP contribution in [0.2, 0.25) is 0 Å². The van der Waals surface area contributed by atoms with Crippen LogP contribution < -0.4 is 20.1 Å². The summed E-state index contributed by atoms with van der Waals surface area (Å²) in [6.45, 7) is 2.99. The predicted molar refractivity (Wildman–Crippen MR) is 94.6 cm³/mol. The Hall–Kier alpha value is -3.02. The summed E-state index contributed by atoms with van der Waals surface area (Å²) in [6, 6.07) is 10.4. The number of anilines is 1. The van der Waals surface area contributed by atoms with E-state index in [1.54, 1.807) is 43.4 Å². The predicted octanol–water partition coefficient (Wildman–Crippen LogP) is 2.77. The van der Waals surface area contributed by atoms with E-state index in [0.717, 1.165) is 12.0 Å². The van der Waals surface area contributed by atoms with Gasteiger partial charge in [0.05, 0.1) is 24.5 Å². The molecule has 130 valence electrons. The molecule has 25 heavy (non-hydrogen) atoms. The fourth-order valence-electron chi connectivity index (χ4n) is 2.67. The van der Waals surface area contributed by atoms with Crippen molar-refractivity contribution in [2.45, 2.75) is 13.3 Å². The quantitative estimate of drug-likeness (QED) is 0.901. The lowest BCUT2D eigenvalue weighted by Gasteiger charge is -2.14. The molecule has 0 aromatic heterocycles. The monoisotopic (exact) mass is 340 g/mol. The van der Waals surface area contributed by atoms with Crippen LogP contribution in [0.4, 0.5) is 5.69 Å². The van der Waals surface area contributed by atoms with Crippen LogP contribution in [-0.2, 0) is 0 Å². The number of hydrogen-bond acceptors (Lipinski definition) is 4. The number of ether oxygens (including phenoxy) is 2. The minimum Gasteiger partial charge on any atom is -0.490 e. The molecule has 2 aromatic rings. The van der Waals surface area contributed by atoms with E-state index in [9.17, 15) is 9.59 Å². The van der Waals surface area contributed by atoms with E-state index in [-0.39, 0.29) is 11.8 Å². The largest absolute Gasteiger partial charge is 0.490 e. The minimum atomic E-state index is -0.301. The van der Waals surface area contributed by atoms with E-state index < -0.39 is 0 Å². The highest BCUT2D eigenvalue weighted by atomic mass is 16.5. The SMILES string of the molecule is CNC(=O)c1ccccc1NC(=O)c1cc2c(cc1C)OCCCO2. The van der Waals surface area contributed by atoms with Crippen molar-refractivity contribution < 1.29 is 19.1 Å². The highest BCUT2D eigenvalue weighted by molar-refractivity contribution is 6.09. The van der Waals surface area contributed by atoms with Gasteiger partial charge in [-0.2, -0.15) is 0 Å². The van der Waals surface area contributed by atoms with Gasteiger partial charge in [0, 0.05) is 19.0 Å². The summed E-state index contributed by atoms with van der Waals surface area (Å²) in [4.78, 5) is 24.7. The molecule has 2 N–H and O–H groups in total. The number of amides is 2. The first kappa shape index (κ1) is 16.8. The van der Waals surface area contributed by atoms with Gasteiger partial charge in [-0.25, -0.2) is 0 Å². The maximum Gasteiger partial charge on any atom is 0.256 e. The van der Waals surface area contributed by atoms with E-state index in [4.69, 9.17) is 9.47 Å². The minimum absolute atomic E-state index is 0.258. The van der Waals surface area contributed by atoms with Crippen molar-refractivity contribution in [1.29, 1.82) is 0 Å². The van der Waals surface area contributed by atoms with Gasteiger partial charge < -0.3 is 20.1 Å². The highest BCUT2D eigenvalue weighted by Gasteiger charge is 2.19. The smallest absolute Gasteiger partial charge is 0.256 e. The molecule has 2 amide bonds. The zero-order valence-electron chi connectivity index (χ0n) is 14.2. The molecule has 1 aliphatic rings. The average molecular weight is 340 g/mol. The number of nitrogens with one attached hydrogen (secondary N) is 2. The molecule has 0 aliphatic carbocycles. The van der Waals surface area contributed by atoms with E-state index in [0.29, 0.717) is 41.5 Å². The van der Waals surface area contributed by atoms with Gasteiger partial charge in [-0.15, -0.1) is 0 Å². The maximum absolute atomic E-state index is 12.7. The van der Waals surface area contributed by atoms with Crippen LogP contribution in [0.3, 0.4) is 0 Å². The van der Waals surface area contributed by atoms with Crippen LogP contribution in [0, 0.1) is 6.92 Å². The molecule has 0 fully saturated rings. The van der Waals surface area contributed by atoms with Crippen molar-refractivity contribution >= 4 is 17.5 Å². The zero-order chi connectivity index (χ0) is 17.8. The first-order chi connectivity index (χ1) is 12.1. The first-order valence-electron chi connectivity index (χ1n) is 8.13. The van der Waals surface area contributed by atoms with Crippen LogP contribution in [0.1, 0.15) is 32.7 Å². The van der Waals surface area contributed by atoms with Crippen LogP contribution >= 0.6 is 0 Å². The molecule has 6 heteroatoms. The maximum atomic E-state index is 12.7. The van der Waals surface area contributed by atoms with Crippen molar-refractivity contribution in [2.75, 3.05) is 25.6 Å². The normalized spacial score (nSPS) is 12.9. The Morgan fingerprint density at radius 1 is 0.960 bits per heavy atom. The second kappa shape index (κ2) is 7.25. The number of rotatable bonds is 3. The molecule has 1 aliphatic heterocycles. The molecular formula is C19H20N2O4. The molecule has 0 bridgehead atoms. The summed E-state index contributed by atoms with van der Waals surface area (Å²) in [7, 11) is 1.55. The van der Waals surface area contributed by atoms with Crippen molar-refractivity contribution in [1.82, 2.24) is 5.32 Å². The van der Waals surface area contributed by atoms with Crippen molar-refractivity contribution in [3.8, 4) is 11.5 Å². The van der Waals surface area contributed by atoms with Crippen molar-refractivity contribution in [3.63, 3.8) is 0 Å². The van der Waals surface area contributed by atoms with Crippen LogP contribution in [0.25, 0.3) is 0 Å². The van der Waals surface area contributed by atoms with E-state index in [1.807, 2.05) is 6.92 Å². The highest BCUT2D eigenvalue weighted by Crippen LogP contribution is 2.33. The second-order valence-corrected chi connectivity index (χ2v) is 5.74. The molecule has 0 radical (unpaired) electrons. The summed E-state index contributed by atoms with van der Waals surface area (Å²) >= 11 is 0. The summed E-state index contributed by atoms with van der Waals surface area (Å²) in [6.07, 6.45) is 0.800. The number of aryl methyl sites for hydroxylation is 1.